The van der Waals surface area contributed by atoms with Gasteiger partial charge in [-0.25, -0.2) is 0 Å². The number of nitrogens with one attached hydrogen (secondary N) is 1. The fraction of sp³-hybridized carbons (Fsp3) is 0.667. The third kappa shape index (κ3) is 4.52. The van der Waals surface area contributed by atoms with Gasteiger partial charge in [-0.2, -0.15) is 0 Å². The van der Waals surface area contributed by atoms with E-state index >= 15 is 0 Å². The van der Waals surface area contributed by atoms with Crippen molar-refractivity contribution in [3.63, 3.8) is 0 Å². The third-order valence-corrected chi connectivity index (χ3v) is 4.42. The van der Waals surface area contributed by atoms with Crippen LogP contribution in [0.2, 0.25) is 0 Å². The van der Waals surface area contributed by atoms with E-state index in [1.54, 1.807) is 0 Å². The van der Waals surface area contributed by atoms with Gasteiger partial charge in [0.25, 0.3) is 0 Å². The molecule has 0 heterocycles. The number of hydrogen-bond acceptors (Lipinski definition) is 2. The summed E-state index contributed by atoms with van der Waals surface area (Å²) in [5.74, 6) is 3.42. The Bertz CT molecular complexity index is 368. The van der Waals surface area contributed by atoms with Crippen molar-refractivity contribution in [1.29, 1.82) is 0 Å². The Morgan fingerprint density at radius 1 is 1.10 bits per heavy atom. The van der Waals surface area contributed by atoms with Gasteiger partial charge in [-0.3, -0.25) is 0 Å². The van der Waals surface area contributed by atoms with Gasteiger partial charge in [-0.1, -0.05) is 39.0 Å². The predicted octanol–water partition coefficient (Wildman–Crippen LogP) is 4.12. The number of para-hydroxylation sites is 1. The van der Waals surface area contributed by atoms with Crippen LogP contribution in [-0.2, 0) is 0 Å². The molecule has 112 valence electrons. The van der Waals surface area contributed by atoms with Crippen molar-refractivity contribution >= 4 is 0 Å². The number of benzene rings is 1. The number of hydrogen-bond donors (Lipinski definition) is 1. The molecule has 1 fully saturated rings. The molecule has 1 aromatic rings. The maximum absolute atomic E-state index is 5.98. The zero-order valence-corrected chi connectivity index (χ0v) is 13.1. The van der Waals surface area contributed by atoms with Crippen molar-refractivity contribution < 1.29 is 4.74 Å². The molecular weight excluding hydrogens is 246 g/mol. The highest BCUT2D eigenvalue weighted by Gasteiger charge is 2.29. The van der Waals surface area contributed by atoms with Crippen LogP contribution >= 0.6 is 0 Å². The smallest absolute Gasteiger partial charge is 0.119 e. The van der Waals surface area contributed by atoms with Gasteiger partial charge in [0.2, 0.25) is 0 Å². The van der Waals surface area contributed by atoms with Crippen molar-refractivity contribution in [2.24, 2.45) is 17.8 Å². The zero-order valence-electron chi connectivity index (χ0n) is 13.1. The van der Waals surface area contributed by atoms with Crippen LogP contribution in [-0.4, -0.2) is 19.2 Å². The molecule has 0 bridgehead atoms. The standard InChI is InChI=1S/C18H29NO/c1-4-19-18(13-20-17-8-6-5-7-9-17)16-11-14(2)10-15(3)12-16/h5-9,14-16,18-19H,4,10-13H2,1-3H3. The molecule has 2 nitrogen and oxygen atoms in total. The van der Waals surface area contributed by atoms with Crippen LogP contribution in [0, 0.1) is 17.8 Å². The second-order valence-electron chi connectivity index (χ2n) is 6.47. The van der Waals surface area contributed by atoms with Gasteiger partial charge in [0.1, 0.15) is 12.4 Å². The average Bonchev–Trinajstić information content (AvgIpc) is 2.43. The molecule has 0 aromatic heterocycles. The molecule has 0 saturated heterocycles. The molecule has 0 radical (unpaired) electrons. The summed E-state index contributed by atoms with van der Waals surface area (Å²) in [6.45, 7) is 8.77. The first-order valence-corrected chi connectivity index (χ1v) is 8.10. The maximum Gasteiger partial charge on any atom is 0.119 e. The highest BCUT2D eigenvalue weighted by Crippen LogP contribution is 2.34. The molecule has 0 amide bonds. The van der Waals surface area contributed by atoms with Gasteiger partial charge in [-0.05, 0) is 55.7 Å². The van der Waals surface area contributed by atoms with Crippen LogP contribution < -0.4 is 10.1 Å². The number of likely N-dealkylation sites (N-methyl/N-ethyl adjacent to an activating group) is 1. The minimum atomic E-state index is 0.477. The Hall–Kier alpha value is -1.02. The normalized spacial score (nSPS) is 28.1. The van der Waals surface area contributed by atoms with E-state index in [0.29, 0.717) is 6.04 Å². The van der Waals surface area contributed by atoms with E-state index in [9.17, 15) is 0 Å². The lowest BCUT2D eigenvalue weighted by molar-refractivity contribution is 0.139. The Balaban J connectivity index is 1.92. The van der Waals surface area contributed by atoms with Crippen molar-refractivity contribution in [1.82, 2.24) is 5.32 Å². The molecule has 2 rings (SSSR count). The Morgan fingerprint density at radius 2 is 1.75 bits per heavy atom. The van der Waals surface area contributed by atoms with E-state index in [-0.39, 0.29) is 0 Å². The summed E-state index contributed by atoms with van der Waals surface area (Å²) in [6.07, 6.45) is 4.05. The minimum Gasteiger partial charge on any atom is -0.492 e. The molecule has 2 heteroatoms. The van der Waals surface area contributed by atoms with E-state index in [1.165, 1.54) is 19.3 Å². The molecule has 0 spiro atoms. The lowest BCUT2D eigenvalue weighted by atomic mass is 9.74. The van der Waals surface area contributed by atoms with Crippen molar-refractivity contribution in [2.45, 2.75) is 46.1 Å². The van der Waals surface area contributed by atoms with Gasteiger partial charge >= 0.3 is 0 Å². The fourth-order valence-electron chi connectivity index (χ4n) is 3.66. The summed E-state index contributed by atoms with van der Waals surface area (Å²) in [5, 5.41) is 3.64. The SMILES string of the molecule is CCNC(COc1ccccc1)C1CC(C)CC(C)C1. The van der Waals surface area contributed by atoms with Gasteiger partial charge < -0.3 is 10.1 Å². The zero-order chi connectivity index (χ0) is 14.4. The summed E-state index contributed by atoms with van der Waals surface area (Å²) in [5.41, 5.74) is 0. The molecule has 20 heavy (non-hydrogen) atoms. The number of ether oxygens (including phenoxy) is 1. The summed E-state index contributed by atoms with van der Waals surface area (Å²) >= 11 is 0. The lowest BCUT2D eigenvalue weighted by Crippen LogP contribution is -2.43. The van der Waals surface area contributed by atoms with E-state index in [0.717, 1.165) is 36.7 Å². The minimum absolute atomic E-state index is 0.477. The van der Waals surface area contributed by atoms with Crippen LogP contribution in [0.4, 0.5) is 0 Å². The summed E-state index contributed by atoms with van der Waals surface area (Å²) in [7, 11) is 0. The predicted molar refractivity (Wildman–Crippen MR) is 85.1 cm³/mol. The molecule has 3 unspecified atom stereocenters. The van der Waals surface area contributed by atoms with Crippen LogP contribution in [0.1, 0.15) is 40.0 Å². The second kappa shape index (κ2) is 7.68. The fourth-order valence-corrected chi connectivity index (χ4v) is 3.66. The molecule has 1 aliphatic rings. The number of rotatable bonds is 6. The largest absolute Gasteiger partial charge is 0.492 e. The van der Waals surface area contributed by atoms with Gasteiger partial charge in [0, 0.05) is 6.04 Å². The van der Waals surface area contributed by atoms with E-state index in [4.69, 9.17) is 4.74 Å². The average molecular weight is 275 g/mol. The Morgan fingerprint density at radius 3 is 2.35 bits per heavy atom. The summed E-state index contributed by atoms with van der Waals surface area (Å²) in [6, 6.07) is 10.6. The summed E-state index contributed by atoms with van der Waals surface area (Å²) in [4.78, 5) is 0. The first kappa shape index (κ1) is 15.4. The third-order valence-electron chi connectivity index (χ3n) is 4.42. The first-order valence-electron chi connectivity index (χ1n) is 8.10. The van der Waals surface area contributed by atoms with Crippen LogP contribution in [0.3, 0.4) is 0 Å². The Labute approximate surface area is 123 Å². The molecule has 1 aliphatic carbocycles. The van der Waals surface area contributed by atoms with Gasteiger partial charge in [-0.15, -0.1) is 0 Å². The molecule has 0 aliphatic heterocycles. The quantitative estimate of drug-likeness (QED) is 0.843. The lowest BCUT2D eigenvalue weighted by Gasteiger charge is -2.36. The van der Waals surface area contributed by atoms with E-state index in [2.05, 4.69) is 26.1 Å². The first-order chi connectivity index (χ1) is 9.69. The topological polar surface area (TPSA) is 21.3 Å². The molecular formula is C18H29NO. The monoisotopic (exact) mass is 275 g/mol. The molecule has 3 atom stereocenters. The van der Waals surface area contributed by atoms with Crippen LogP contribution in [0.5, 0.6) is 5.75 Å². The van der Waals surface area contributed by atoms with Crippen LogP contribution in [0.15, 0.2) is 30.3 Å². The molecule has 1 N–H and O–H groups in total. The highest BCUT2D eigenvalue weighted by atomic mass is 16.5. The van der Waals surface area contributed by atoms with Crippen molar-refractivity contribution in [2.75, 3.05) is 13.2 Å². The molecule has 1 aromatic carbocycles. The van der Waals surface area contributed by atoms with Crippen molar-refractivity contribution in [3.8, 4) is 5.75 Å². The highest BCUT2D eigenvalue weighted by molar-refractivity contribution is 5.21. The van der Waals surface area contributed by atoms with E-state index in [1.807, 2.05) is 30.3 Å². The maximum atomic E-state index is 5.98. The van der Waals surface area contributed by atoms with Crippen LogP contribution in [0.25, 0.3) is 0 Å². The molecule has 1 saturated carbocycles. The second-order valence-corrected chi connectivity index (χ2v) is 6.47. The van der Waals surface area contributed by atoms with Gasteiger partial charge in [0.05, 0.1) is 0 Å². The summed E-state index contributed by atoms with van der Waals surface area (Å²) < 4.78 is 5.98. The van der Waals surface area contributed by atoms with E-state index < -0.39 is 0 Å². The van der Waals surface area contributed by atoms with Gasteiger partial charge in [0.15, 0.2) is 0 Å². The Kier molecular flexibility index (Phi) is 5.90. The van der Waals surface area contributed by atoms with Crippen molar-refractivity contribution in [3.05, 3.63) is 30.3 Å².